The SMILES string of the molecule is CCC1(CC(C)(C)C(C)(C)CC=C(C)CC(C)(C)CCO)OC1CC(C)(C)CC(C)O. The van der Waals surface area contributed by atoms with Crippen molar-refractivity contribution in [2.45, 2.75) is 139 Å². The van der Waals surface area contributed by atoms with E-state index < -0.39 is 0 Å². The van der Waals surface area contributed by atoms with Gasteiger partial charge in [-0.15, -0.1) is 0 Å². The highest BCUT2D eigenvalue weighted by atomic mass is 16.6. The van der Waals surface area contributed by atoms with Gasteiger partial charge in [0, 0.05) is 6.61 Å². The van der Waals surface area contributed by atoms with Crippen LogP contribution in [0.1, 0.15) is 121 Å². The van der Waals surface area contributed by atoms with Gasteiger partial charge < -0.3 is 14.9 Å². The molecule has 2 N–H and O–H groups in total. The van der Waals surface area contributed by atoms with Gasteiger partial charge in [0.05, 0.1) is 17.8 Å². The fourth-order valence-corrected chi connectivity index (χ4v) is 5.36. The van der Waals surface area contributed by atoms with Gasteiger partial charge in [-0.2, -0.15) is 0 Å². The molecule has 3 unspecified atom stereocenters. The molecule has 0 aromatic heterocycles. The van der Waals surface area contributed by atoms with Crippen LogP contribution in [0.3, 0.4) is 0 Å². The Balaban J connectivity index is 2.81. The molecule has 0 aromatic rings. The highest BCUT2D eigenvalue weighted by Gasteiger charge is 2.59. The molecule has 0 spiro atoms. The lowest BCUT2D eigenvalue weighted by molar-refractivity contribution is 0.0649. The summed E-state index contributed by atoms with van der Waals surface area (Å²) in [4.78, 5) is 0. The second kappa shape index (κ2) is 10.3. The van der Waals surface area contributed by atoms with Crippen molar-refractivity contribution in [3.8, 4) is 0 Å². The fourth-order valence-electron chi connectivity index (χ4n) is 5.36. The molecule has 1 saturated heterocycles. The van der Waals surface area contributed by atoms with Crippen LogP contribution in [0.2, 0.25) is 0 Å². The standard InChI is InChI=1S/C28H54O3/c1-12-28(23(31-28)19-25(6,7)18-22(3)30)20-27(10,11)26(8,9)14-13-21(2)17-24(4,5)15-16-29/h13,22-23,29-30H,12,14-20H2,1-11H3. The molecule has 184 valence electrons. The van der Waals surface area contributed by atoms with Crippen molar-refractivity contribution in [3.05, 3.63) is 11.6 Å². The summed E-state index contributed by atoms with van der Waals surface area (Å²) >= 11 is 0. The maximum Gasteiger partial charge on any atom is 0.0951 e. The molecule has 3 heteroatoms. The minimum atomic E-state index is -0.266. The van der Waals surface area contributed by atoms with Crippen molar-refractivity contribution in [3.63, 3.8) is 0 Å². The smallest absolute Gasteiger partial charge is 0.0951 e. The van der Waals surface area contributed by atoms with Crippen molar-refractivity contribution in [1.29, 1.82) is 0 Å². The van der Waals surface area contributed by atoms with Crippen LogP contribution in [0, 0.1) is 21.7 Å². The maximum absolute atomic E-state index is 9.85. The molecule has 3 nitrogen and oxygen atoms in total. The molecule has 0 bridgehead atoms. The van der Waals surface area contributed by atoms with Crippen LogP contribution in [0.15, 0.2) is 11.6 Å². The first kappa shape index (κ1) is 28.7. The molecule has 31 heavy (non-hydrogen) atoms. The van der Waals surface area contributed by atoms with Gasteiger partial charge in [0.1, 0.15) is 0 Å². The van der Waals surface area contributed by atoms with Crippen LogP contribution in [-0.2, 0) is 4.74 Å². The van der Waals surface area contributed by atoms with Gasteiger partial charge in [-0.1, -0.05) is 74.0 Å². The molecular weight excluding hydrogens is 384 g/mol. The van der Waals surface area contributed by atoms with Gasteiger partial charge in [-0.05, 0) is 80.5 Å². The molecule has 1 rings (SSSR count). The van der Waals surface area contributed by atoms with E-state index >= 15 is 0 Å². The van der Waals surface area contributed by atoms with Gasteiger partial charge in [-0.25, -0.2) is 0 Å². The average Bonchev–Trinajstić information content (AvgIpc) is 3.21. The summed E-state index contributed by atoms with van der Waals surface area (Å²) in [5, 5.41) is 19.2. The first-order chi connectivity index (χ1) is 13.9. The highest BCUT2D eigenvalue weighted by molar-refractivity contribution is 5.10. The maximum atomic E-state index is 9.85. The van der Waals surface area contributed by atoms with Gasteiger partial charge in [-0.3, -0.25) is 0 Å². The highest BCUT2D eigenvalue weighted by Crippen LogP contribution is 2.57. The van der Waals surface area contributed by atoms with Crippen molar-refractivity contribution < 1.29 is 14.9 Å². The first-order valence-electron chi connectivity index (χ1n) is 12.5. The second-order valence-corrected chi connectivity index (χ2v) is 13.5. The molecule has 0 radical (unpaired) electrons. The minimum Gasteiger partial charge on any atom is -0.396 e. The molecule has 0 amide bonds. The van der Waals surface area contributed by atoms with Gasteiger partial charge >= 0.3 is 0 Å². The Morgan fingerprint density at radius 2 is 1.61 bits per heavy atom. The van der Waals surface area contributed by atoms with E-state index in [1.807, 2.05) is 6.92 Å². The van der Waals surface area contributed by atoms with E-state index in [0.29, 0.717) is 6.10 Å². The second-order valence-electron chi connectivity index (χ2n) is 13.5. The lowest BCUT2D eigenvalue weighted by atomic mass is 9.61. The molecule has 0 aliphatic carbocycles. The molecule has 1 fully saturated rings. The summed E-state index contributed by atoms with van der Waals surface area (Å²) in [5.41, 5.74) is 1.95. The Kier molecular flexibility index (Phi) is 9.49. The molecule has 3 atom stereocenters. The zero-order valence-corrected chi connectivity index (χ0v) is 22.7. The Bertz CT molecular complexity index is 597. The van der Waals surface area contributed by atoms with Crippen LogP contribution in [-0.4, -0.2) is 34.6 Å². The van der Waals surface area contributed by atoms with Gasteiger partial charge in [0.2, 0.25) is 0 Å². The minimum absolute atomic E-state index is 0.0153. The van der Waals surface area contributed by atoms with Crippen molar-refractivity contribution >= 4 is 0 Å². The Labute approximate surface area is 194 Å². The number of aliphatic hydroxyl groups is 2. The number of hydrogen-bond donors (Lipinski definition) is 2. The molecular formula is C28H54O3. The summed E-state index contributed by atoms with van der Waals surface area (Å²) in [6.45, 7) is 25.2. The monoisotopic (exact) mass is 438 g/mol. The first-order valence-corrected chi connectivity index (χ1v) is 12.5. The zero-order valence-electron chi connectivity index (χ0n) is 22.7. The molecule has 1 aliphatic rings. The van der Waals surface area contributed by atoms with Gasteiger partial charge in [0.25, 0.3) is 0 Å². The number of rotatable bonds is 14. The number of allylic oxidation sites excluding steroid dienone is 2. The van der Waals surface area contributed by atoms with Crippen LogP contribution in [0.25, 0.3) is 0 Å². The Morgan fingerprint density at radius 3 is 2.10 bits per heavy atom. The van der Waals surface area contributed by atoms with Crippen LogP contribution in [0.4, 0.5) is 0 Å². The predicted molar refractivity (Wildman–Crippen MR) is 133 cm³/mol. The lowest BCUT2D eigenvalue weighted by Gasteiger charge is -2.43. The molecule has 0 aromatic carbocycles. The van der Waals surface area contributed by atoms with E-state index in [1.54, 1.807) is 0 Å². The van der Waals surface area contributed by atoms with Crippen molar-refractivity contribution in [2.75, 3.05) is 6.61 Å². The third-order valence-electron chi connectivity index (χ3n) is 8.17. The summed E-state index contributed by atoms with van der Waals surface area (Å²) in [5.74, 6) is 0. The lowest BCUT2D eigenvalue weighted by Crippen LogP contribution is -2.37. The summed E-state index contributed by atoms with van der Waals surface area (Å²) in [7, 11) is 0. The van der Waals surface area contributed by atoms with Crippen molar-refractivity contribution in [2.24, 2.45) is 21.7 Å². The number of ether oxygens (including phenoxy) is 1. The number of epoxide rings is 1. The summed E-state index contributed by atoms with van der Waals surface area (Å²) in [6.07, 6.45) is 9.35. The third kappa shape index (κ3) is 8.48. The predicted octanol–water partition coefficient (Wildman–Crippen LogP) is 7.30. The molecule has 1 heterocycles. The quantitative estimate of drug-likeness (QED) is 0.221. The zero-order chi connectivity index (χ0) is 24.3. The molecule has 0 saturated carbocycles. The molecule has 1 aliphatic heterocycles. The van der Waals surface area contributed by atoms with E-state index in [0.717, 1.165) is 44.9 Å². The fraction of sp³-hybridized carbons (Fsp3) is 0.929. The van der Waals surface area contributed by atoms with E-state index in [2.05, 4.69) is 75.3 Å². The van der Waals surface area contributed by atoms with Crippen LogP contribution < -0.4 is 0 Å². The Hall–Kier alpha value is -0.380. The van der Waals surface area contributed by atoms with E-state index in [-0.39, 0.29) is 40.0 Å². The summed E-state index contributed by atoms with van der Waals surface area (Å²) in [6, 6.07) is 0. The van der Waals surface area contributed by atoms with Crippen LogP contribution in [0.5, 0.6) is 0 Å². The van der Waals surface area contributed by atoms with Crippen molar-refractivity contribution in [1.82, 2.24) is 0 Å². The normalized spacial score (nSPS) is 24.4. The third-order valence-corrected chi connectivity index (χ3v) is 8.17. The number of aliphatic hydroxyl groups excluding tert-OH is 2. The van der Waals surface area contributed by atoms with Crippen LogP contribution >= 0.6 is 0 Å². The van der Waals surface area contributed by atoms with Gasteiger partial charge in [0.15, 0.2) is 0 Å². The number of hydrogen-bond acceptors (Lipinski definition) is 3. The Morgan fingerprint density at radius 1 is 1.03 bits per heavy atom. The van der Waals surface area contributed by atoms with E-state index in [1.165, 1.54) is 5.57 Å². The van der Waals surface area contributed by atoms with E-state index in [4.69, 9.17) is 4.74 Å². The summed E-state index contributed by atoms with van der Waals surface area (Å²) < 4.78 is 6.40. The average molecular weight is 439 g/mol. The topological polar surface area (TPSA) is 53.0 Å². The largest absolute Gasteiger partial charge is 0.396 e. The van der Waals surface area contributed by atoms with E-state index in [9.17, 15) is 10.2 Å².